The topological polar surface area (TPSA) is 81.7 Å². The Labute approximate surface area is 159 Å². The highest BCUT2D eigenvalue weighted by Gasteiger charge is 2.56. The third kappa shape index (κ3) is 4.11. The summed E-state index contributed by atoms with van der Waals surface area (Å²) < 4.78 is 11.0. The number of rotatable bonds is 6. The van der Waals surface area contributed by atoms with Crippen molar-refractivity contribution in [1.82, 2.24) is 0 Å². The van der Waals surface area contributed by atoms with Crippen LogP contribution < -0.4 is 5.32 Å². The van der Waals surface area contributed by atoms with E-state index in [9.17, 15) is 14.4 Å². The van der Waals surface area contributed by atoms with Gasteiger partial charge in [-0.3, -0.25) is 14.4 Å². The van der Waals surface area contributed by atoms with Gasteiger partial charge in [-0.05, 0) is 43.9 Å². The van der Waals surface area contributed by atoms with Crippen molar-refractivity contribution in [2.75, 3.05) is 12.4 Å². The molecule has 0 aliphatic carbocycles. The SMILES string of the molecule is C=C1C(=O)[C@](CC)(C(=O)OC)[C@H](CCc2ccc(NC(C)=O)cc2)O[C@@H]1C. The number of benzene rings is 1. The smallest absolute Gasteiger partial charge is 0.322 e. The van der Waals surface area contributed by atoms with E-state index in [-0.39, 0.29) is 18.1 Å². The van der Waals surface area contributed by atoms with E-state index in [1.807, 2.05) is 24.3 Å². The first-order valence-electron chi connectivity index (χ1n) is 9.10. The van der Waals surface area contributed by atoms with Crippen LogP contribution in [0.3, 0.4) is 0 Å². The number of anilines is 1. The van der Waals surface area contributed by atoms with Crippen LogP contribution in [0.1, 0.15) is 39.2 Å². The summed E-state index contributed by atoms with van der Waals surface area (Å²) in [7, 11) is 1.28. The van der Waals surface area contributed by atoms with Gasteiger partial charge in [-0.2, -0.15) is 0 Å². The number of carbonyl (C=O) groups is 3. The van der Waals surface area contributed by atoms with Crippen LogP contribution in [0.4, 0.5) is 5.69 Å². The zero-order valence-corrected chi connectivity index (χ0v) is 16.3. The molecule has 3 atom stereocenters. The van der Waals surface area contributed by atoms with E-state index in [0.29, 0.717) is 18.4 Å². The molecule has 0 spiro atoms. The van der Waals surface area contributed by atoms with Crippen LogP contribution in [0.25, 0.3) is 0 Å². The minimum Gasteiger partial charge on any atom is -0.468 e. The lowest BCUT2D eigenvalue weighted by atomic mass is 9.69. The average molecular weight is 373 g/mol. The van der Waals surface area contributed by atoms with Crippen LogP contribution in [-0.2, 0) is 30.3 Å². The second kappa shape index (κ2) is 8.48. The normalized spacial score (nSPS) is 25.2. The summed E-state index contributed by atoms with van der Waals surface area (Å²) in [5.74, 6) is -0.993. The Balaban J connectivity index is 2.20. The van der Waals surface area contributed by atoms with E-state index in [1.165, 1.54) is 14.0 Å². The van der Waals surface area contributed by atoms with Gasteiger partial charge in [0.2, 0.25) is 5.91 Å². The molecule has 1 aromatic rings. The number of hydrogen-bond donors (Lipinski definition) is 1. The summed E-state index contributed by atoms with van der Waals surface area (Å²) in [5, 5.41) is 2.72. The first-order chi connectivity index (χ1) is 12.8. The molecule has 0 saturated carbocycles. The summed E-state index contributed by atoms with van der Waals surface area (Å²) in [6, 6.07) is 7.46. The van der Waals surface area contributed by atoms with E-state index in [0.717, 1.165) is 11.3 Å². The second-order valence-electron chi connectivity index (χ2n) is 6.85. The van der Waals surface area contributed by atoms with Crippen molar-refractivity contribution >= 4 is 23.3 Å². The Morgan fingerprint density at radius 2 is 1.93 bits per heavy atom. The monoisotopic (exact) mass is 373 g/mol. The van der Waals surface area contributed by atoms with Crippen LogP contribution in [0.2, 0.25) is 0 Å². The van der Waals surface area contributed by atoms with Gasteiger partial charge in [-0.1, -0.05) is 25.6 Å². The number of carbonyl (C=O) groups excluding carboxylic acids is 3. The van der Waals surface area contributed by atoms with Gasteiger partial charge in [-0.15, -0.1) is 0 Å². The predicted molar refractivity (Wildman–Crippen MR) is 102 cm³/mol. The summed E-state index contributed by atoms with van der Waals surface area (Å²) in [6.07, 6.45) is 0.380. The van der Waals surface area contributed by atoms with Gasteiger partial charge in [0.25, 0.3) is 0 Å². The van der Waals surface area contributed by atoms with Crippen LogP contribution in [-0.4, -0.2) is 37.0 Å². The first kappa shape index (κ1) is 20.8. The lowest BCUT2D eigenvalue weighted by molar-refractivity contribution is -0.178. The fourth-order valence-electron chi connectivity index (χ4n) is 3.57. The maximum Gasteiger partial charge on any atom is 0.322 e. The van der Waals surface area contributed by atoms with E-state index < -0.39 is 23.6 Å². The van der Waals surface area contributed by atoms with E-state index in [4.69, 9.17) is 9.47 Å². The van der Waals surface area contributed by atoms with Crippen molar-refractivity contribution < 1.29 is 23.9 Å². The molecular weight excluding hydrogens is 346 g/mol. The molecule has 1 amide bonds. The Kier molecular flexibility index (Phi) is 6.54. The van der Waals surface area contributed by atoms with Gasteiger partial charge in [0, 0.05) is 18.2 Å². The molecule has 1 aliphatic heterocycles. The fraction of sp³-hybridized carbons (Fsp3) is 0.476. The van der Waals surface area contributed by atoms with Gasteiger partial charge >= 0.3 is 5.97 Å². The molecule has 1 saturated heterocycles. The molecule has 0 radical (unpaired) electrons. The minimum absolute atomic E-state index is 0.128. The molecule has 146 valence electrons. The lowest BCUT2D eigenvalue weighted by Crippen LogP contribution is -2.56. The largest absolute Gasteiger partial charge is 0.468 e. The molecule has 1 aliphatic rings. The average Bonchev–Trinajstić information content (AvgIpc) is 2.65. The van der Waals surface area contributed by atoms with Gasteiger partial charge in [0.05, 0.1) is 19.3 Å². The van der Waals surface area contributed by atoms with Crippen molar-refractivity contribution in [2.45, 2.75) is 52.2 Å². The molecule has 6 heteroatoms. The number of amides is 1. The molecular formula is C21H27NO5. The number of aryl methyl sites for hydroxylation is 1. The van der Waals surface area contributed by atoms with Crippen LogP contribution in [0.15, 0.2) is 36.4 Å². The molecule has 1 N–H and O–H groups in total. The fourth-order valence-corrected chi connectivity index (χ4v) is 3.57. The molecule has 1 fully saturated rings. The predicted octanol–water partition coefficient (Wildman–Crippen LogP) is 3.06. The third-order valence-electron chi connectivity index (χ3n) is 5.18. The van der Waals surface area contributed by atoms with Gasteiger partial charge in [-0.25, -0.2) is 0 Å². The Bertz CT molecular complexity index is 739. The standard InChI is InChI=1S/C21H27NO5/c1-6-21(20(25)26-5)18(27-14(3)13(2)19(21)24)12-9-16-7-10-17(11-8-16)22-15(4)23/h7-8,10-11,14,18H,2,6,9,12H2,1,3-5H3,(H,22,23)/t14-,18+,21-/m1/s1. The number of nitrogens with one attached hydrogen (secondary N) is 1. The van der Waals surface area contributed by atoms with Crippen LogP contribution in [0.5, 0.6) is 0 Å². The van der Waals surface area contributed by atoms with Gasteiger partial charge in [0.1, 0.15) is 0 Å². The maximum absolute atomic E-state index is 12.9. The van der Waals surface area contributed by atoms with Gasteiger partial charge in [0.15, 0.2) is 11.2 Å². The van der Waals surface area contributed by atoms with Crippen molar-refractivity contribution in [3.63, 3.8) is 0 Å². The number of hydrogen-bond acceptors (Lipinski definition) is 5. The Morgan fingerprint density at radius 1 is 1.30 bits per heavy atom. The van der Waals surface area contributed by atoms with E-state index in [2.05, 4.69) is 11.9 Å². The van der Waals surface area contributed by atoms with Crippen molar-refractivity contribution in [3.8, 4) is 0 Å². The number of ether oxygens (including phenoxy) is 2. The van der Waals surface area contributed by atoms with Crippen molar-refractivity contribution in [2.24, 2.45) is 5.41 Å². The number of methoxy groups -OCH3 is 1. The zero-order valence-electron chi connectivity index (χ0n) is 16.3. The Morgan fingerprint density at radius 3 is 2.44 bits per heavy atom. The summed E-state index contributed by atoms with van der Waals surface area (Å²) in [5.41, 5.74) is 0.692. The highest BCUT2D eigenvalue weighted by Crippen LogP contribution is 2.42. The lowest BCUT2D eigenvalue weighted by Gasteiger charge is -2.43. The third-order valence-corrected chi connectivity index (χ3v) is 5.18. The Hall–Kier alpha value is -2.47. The van der Waals surface area contributed by atoms with Crippen LogP contribution >= 0.6 is 0 Å². The quantitative estimate of drug-likeness (QED) is 0.471. The molecule has 0 unspecified atom stereocenters. The molecule has 0 aromatic heterocycles. The van der Waals surface area contributed by atoms with E-state index >= 15 is 0 Å². The molecule has 27 heavy (non-hydrogen) atoms. The highest BCUT2D eigenvalue weighted by molar-refractivity contribution is 6.13. The minimum atomic E-state index is -1.35. The maximum atomic E-state index is 12.9. The number of esters is 1. The molecule has 0 bridgehead atoms. The molecule has 6 nitrogen and oxygen atoms in total. The van der Waals surface area contributed by atoms with Crippen molar-refractivity contribution in [3.05, 3.63) is 42.0 Å². The van der Waals surface area contributed by atoms with Gasteiger partial charge < -0.3 is 14.8 Å². The number of ketones is 1. The summed E-state index contributed by atoms with van der Waals surface area (Å²) >= 11 is 0. The second-order valence-corrected chi connectivity index (χ2v) is 6.85. The zero-order chi connectivity index (χ0) is 20.2. The molecule has 2 rings (SSSR count). The molecule has 1 aromatic carbocycles. The van der Waals surface area contributed by atoms with Crippen LogP contribution in [0, 0.1) is 5.41 Å². The highest BCUT2D eigenvalue weighted by atomic mass is 16.5. The molecule has 1 heterocycles. The number of Topliss-reactive ketones (excluding diaryl/α,β-unsaturated/α-hetero) is 1. The summed E-state index contributed by atoms with van der Waals surface area (Å²) in [6.45, 7) is 8.82. The first-order valence-corrected chi connectivity index (χ1v) is 9.10. The van der Waals surface area contributed by atoms with E-state index in [1.54, 1.807) is 13.8 Å². The summed E-state index contributed by atoms with van der Waals surface area (Å²) in [4.78, 5) is 36.6. The van der Waals surface area contributed by atoms with Crippen molar-refractivity contribution in [1.29, 1.82) is 0 Å².